The number of quaternary nitrogens is 1. The van der Waals surface area contributed by atoms with E-state index in [1.165, 1.54) is 0 Å². The van der Waals surface area contributed by atoms with Gasteiger partial charge in [0.1, 0.15) is 17.7 Å². The van der Waals surface area contributed by atoms with Crippen LogP contribution in [-0.4, -0.2) is 51.4 Å². The number of halogens is 3. The van der Waals surface area contributed by atoms with Crippen molar-refractivity contribution in [2.45, 2.75) is 32.9 Å². The molecule has 3 aliphatic heterocycles. The molecule has 2 unspecified atom stereocenters. The molecule has 3 N–H and O–H groups in total. The summed E-state index contributed by atoms with van der Waals surface area (Å²) in [4.78, 5) is 40.3. The Kier molecular flexibility index (Phi) is 7.15. The van der Waals surface area contributed by atoms with E-state index in [9.17, 15) is 22.8 Å². The lowest BCUT2D eigenvalue weighted by Crippen LogP contribution is -2.53. The lowest BCUT2D eigenvalue weighted by Gasteiger charge is -2.34. The van der Waals surface area contributed by atoms with Crippen LogP contribution in [0.1, 0.15) is 48.2 Å². The number of amidine groups is 1. The molecule has 9 nitrogen and oxygen atoms in total. The number of nitrogens with zero attached hydrogens (tertiary/aromatic N) is 5. The van der Waals surface area contributed by atoms with E-state index in [0.29, 0.717) is 24.5 Å². The maximum atomic E-state index is 13.0. The van der Waals surface area contributed by atoms with E-state index in [2.05, 4.69) is 15.3 Å². The standard InChI is InChI=1S/C28H28F3N7O2/c1-17(2)27(40)37-12-3-4-20(16-37)24-22-15-33-11-13-38(22,32)25(36-24)18-5-7-19(8-6-18)26(39)35-23-14-21(9-10-34-23)28(29,30)31/h5-11,13-15,17,20H,3-4,12,16,32H2,1-2H3/p+1. The molecule has 2 aromatic rings. The first-order chi connectivity index (χ1) is 19.0. The molecule has 2 atom stereocenters. The Hall–Kier alpha value is -4.16. The fourth-order valence-electron chi connectivity index (χ4n) is 5.11. The van der Waals surface area contributed by atoms with E-state index in [-0.39, 0.29) is 33.7 Å². The normalized spacial score (nSPS) is 22.4. The number of piperidine rings is 1. The van der Waals surface area contributed by atoms with Crippen molar-refractivity contribution in [1.82, 2.24) is 9.88 Å². The number of anilines is 1. The Morgan fingerprint density at radius 1 is 1.18 bits per heavy atom. The van der Waals surface area contributed by atoms with E-state index >= 15 is 0 Å². The van der Waals surface area contributed by atoms with Gasteiger partial charge < -0.3 is 10.2 Å². The minimum atomic E-state index is -4.55. The van der Waals surface area contributed by atoms with Crippen LogP contribution < -0.4 is 11.2 Å². The summed E-state index contributed by atoms with van der Waals surface area (Å²) < 4.78 is 38.8. The van der Waals surface area contributed by atoms with E-state index in [4.69, 9.17) is 10.8 Å². The Bertz CT molecular complexity index is 1460. The van der Waals surface area contributed by atoms with Crippen molar-refractivity contribution in [1.29, 1.82) is 0 Å². The van der Waals surface area contributed by atoms with Gasteiger partial charge in [-0.05, 0) is 49.2 Å². The van der Waals surface area contributed by atoms with Gasteiger partial charge in [-0.2, -0.15) is 24.0 Å². The van der Waals surface area contributed by atoms with Crippen LogP contribution in [0.25, 0.3) is 0 Å². The van der Waals surface area contributed by atoms with Crippen LogP contribution in [0.4, 0.5) is 19.0 Å². The van der Waals surface area contributed by atoms with Gasteiger partial charge in [-0.15, -0.1) is 4.59 Å². The number of amides is 2. The van der Waals surface area contributed by atoms with Crippen molar-refractivity contribution in [3.63, 3.8) is 0 Å². The van der Waals surface area contributed by atoms with Crippen molar-refractivity contribution >= 4 is 29.7 Å². The van der Waals surface area contributed by atoms with Gasteiger partial charge in [0.2, 0.25) is 11.6 Å². The van der Waals surface area contributed by atoms with Gasteiger partial charge in [-0.1, -0.05) is 13.8 Å². The van der Waals surface area contributed by atoms with Gasteiger partial charge in [0.25, 0.3) is 11.7 Å². The number of fused-ring (bicyclic) bond motifs is 1. The minimum Gasteiger partial charge on any atom is -0.342 e. The number of pyridine rings is 1. The number of aliphatic imine (C=N–C) groups is 2. The number of likely N-dealkylation sites (tertiary alicyclic amines) is 1. The second-order valence-corrected chi connectivity index (χ2v) is 10.3. The molecule has 40 heavy (non-hydrogen) atoms. The van der Waals surface area contributed by atoms with Crippen LogP contribution in [0.15, 0.2) is 76.4 Å². The topological polar surface area (TPSA) is 113 Å². The second kappa shape index (κ2) is 10.4. The van der Waals surface area contributed by atoms with Crippen molar-refractivity contribution in [2.24, 2.45) is 27.7 Å². The smallest absolute Gasteiger partial charge is 0.342 e. The van der Waals surface area contributed by atoms with Gasteiger partial charge in [0.15, 0.2) is 0 Å². The number of alkyl halides is 3. The van der Waals surface area contributed by atoms with Gasteiger partial charge in [0.05, 0.1) is 23.5 Å². The molecule has 0 spiro atoms. The molecule has 12 heteroatoms. The Labute approximate surface area is 229 Å². The highest BCUT2D eigenvalue weighted by molar-refractivity contribution is 6.05. The maximum absolute atomic E-state index is 13.0. The molecule has 2 amide bonds. The highest BCUT2D eigenvalue weighted by Gasteiger charge is 2.46. The van der Waals surface area contributed by atoms with Crippen molar-refractivity contribution in [3.05, 3.63) is 83.1 Å². The van der Waals surface area contributed by atoms with Crippen LogP contribution in [-0.2, 0) is 11.0 Å². The first-order valence-electron chi connectivity index (χ1n) is 12.9. The third-order valence-electron chi connectivity index (χ3n) is 7.17. The van der Waals surface area contributed by atoms with Crippen LogP contribution in [0.3, 0.4) is 0 Å². The number of carbonyl (C=O) groups excluding carboxylic acids is 2. The van der Waals surface area contributed by atoms with Crippen molar-refractivity contribution in [2.75, 3.05) is 18.4 Å². The number of allylic oxidation sites excluding steroid dienone is 1. The summed E-state index contributed by atoms with van der Waals surface area (Å²) in [5.41, 5.74) is 1.48. The molecule has 0 aliphatic carbocycles. The number of carbonyl (C=O) groups is 2. The third-order valence-corrected chi connectivity index (χ3v) is 7.17. The summed E-state index contributed by atoms with van der Waals surface area (Å²) in [6.07, 6.45) is 3.17. The largest absolute Gasteiger partial charge is 0.416 e. The molecular formula is C28H29F3N7O2+. The molecule has 3 aliphatic rings. The van der Waals surface area contributed by atoms with Gasteiger partial charge in [-0.3, -0.25) is 14.6 Å². The zero-order valence-electron chi connectivity index (χ0n) is 22.0. The summed E-state index contributed by atoms with van der Waals surface area (Å²) in [6, 6.07) is 8.10. The Morgan fingerprint density at radius 3 is 2.62 bits per heavy atom. The first-order valence-corrected chi connectivity index (χ1v) is 12.9. The van der Waals surface area contributed by atoms with Crippen molar-refractivity contribution < 1.29 is 27.4 Å². The molecule has 208 valence electrons. The third kappa shape index (κ3) is 5.19. The molecule has 0 bridgehead atoms. The highest BCUT2D eigenvalue weighted by atomic mass is 19.4. The van der Waals surface area contributed by atoms with E-state index in [1.807, 2.05) is 18.7 Å². The number of nitrogens with one attached hydrogen (secondary N) is 1. The summed E-state index contributed by atoms with van der Waals surface area (Å²) in [5, 5.41) is 2.41. The van der Waals surface area contributed by atoms with Gasteiger partial charge in [0, 0.05) is 36.7 Å². The number of hydrogen-bond donors (Lipinski definition) is 2. The maximum Gasteiger partial charge on any atom is 0.416 e. The number of nitrogens with two attached hydrogens (primary N) is 1. The van der Waals surface area contributed by atoms with E-state index in [0.717, 1.165) is 42.6 Å². The lowest BCUT2D eigenvalue weighted by molar-refractivity contribution is -0.750. The summed E-state index contributed by atoms with van der Waals surface area (Å²) in [7, 11) is 0. The monoisotopic (exact) mass is 552 g/mol. The number of rotatable bonds is 5. The zero-order valence-corrected chi connectivity index (χ0v) is 22.0. The predicted molar refractivity (Wildman–Crippen MR) is 143 cm³/mol. The SMILES string of the molecule is CC(C)C(=O)N1CCCC(C2=C3C=NC=C[N+]3(N)C(c3ccc(C(=O)Nc4cc(C(F)(F)F)ccn4)cc3)=N2)C1. The van der Waals surface area contributed by atoms with Gasteiger partial charge in [-0.25, -0.2) is 4.98 Å². The summed E-state index contributed by atoms with van der Waals surface area (Å²) in [6.45, 7) is 5.04. The Balaban J connectivity index is 1.38. The zero-order chi connectivity index (χ0) is 28.7. The average Bonchev–Trinajstić information content (AvgIpc) is 3.25. The number of benzene rings is 1. The molecule has 0 radical (unpaired) electrons. The highest BCUT2D eigenvalue weighted by Crippen LogP contribution is 2.37. The fraction of sp³-hybridized carbons (Fsp3) is 0.321. The molecule has 0 saturated carbocycles. The van der Waals surface area contributed by atoms with Crippen LogP contribution in [0, 0.1) is 11.8 Å². The van der Waals surface area contributed by atoms with E-state index in [1.54, 1.807) is 42.9 Å². The predicted octanol–water partition coefficient (Wildman–Crippen LogP) is 4.47. The molecule has 4 heterocycles. The molecule has 5 rings (SSSR count). The van der Waals surface area contributed by atoms with Crippen molar-refractivity contribution in [3.8, 4) is 0 Å². The molecule has 1 aromatic heterocycles. The quantitative estimate of drug-likeness (QED) is 0.421. The van der Waals surface area contributed by atoms with Gasteiger partial charge >= 0.3 is 6.18 Å². The fourth-order valence-corrected chi connectivity index (χ4v) is 5.11. The summed E-state index contributed by atoms with van der Waals surface area (Å²) in [5.74, 6) is 6.57. The minimum absolute atomic E-state index is 0.00652. The number of aromatic nitrogens is 1. The Morgan fingerprint density at radius 2 is 1.93 bits per heavy atom. The van der Waals surface area contributed by atoms with Crippen LogP contribution in [0.5, 0.6) is 0 Å². The molecule has 1 saturated heterocycles. The van der Waals surface area contributed by atoms with E-state index < -0.39 is 17.6 Å². The second-order valence-electron chi connectivity index (χ2n) is 10.3. The first kappa shape index (κ1) is 27.4. The molecule has 1 fully saturated rings. The average molecular weight is 553 g/mol. The lowest BCUT2D eigenvalue weighted by atomic mass is 9.93. The summed E-state index contributed by atoms with van der Waals surface area (Å²) >= 11 is 0. The van der Waals surface area contributed by atoms with Crippen LogP contribution in [0.2, 0.25) is 0 Å². The number of hydrogen-bond acceptors (Lipinski definition) is 6. The molecular weight excluding hydrogens is 523 g/mol. The molecule has 1 aromatic carbocycles. The van der Waals surface area contributed by atoms with Crippen LogP contribution >= 0.6 is 0 Å².